The van der Waals surface area contributed by atoms with Crippen LogP contribution in [0.2, 0.25) is 0 Å². The molecule has 16 heavy (non-hydrogen) atoms. The fraction of sp³-hybridized carbons (Fsp3) is 0.455. The minimum absolute atomic E-state index is 0.348. The summed E-state index contributed by atoms with van der Waals surface area (Å²) in [4.78, 5) is 0. The van der Waals surface area contributed by atoms with E-state index in [0.717, 1.165) is 6.07 Å². The summed E-state index contributed by atoms with van der Waals surface area (Å²) in [6.07, 6.45) is -5.42. The van der Waals surface area contributed by atoms with Crippen LogP contribution in [0.25, 0.3) is 0 Å². The number of halogens is 4. The Labute approximate surface area is 90.7 Å². The van der Waals surface area contributed by atoms with Gasteiger partial charge in [0.15, 0.2) is 0 Å². The molecule has 0 spiro atoms. The summed E-state index contributed by atoms with van der Waals surface area (Å²) in [5.74, 6) is -1.71. The van der Waals surface area contributed by atoms with Gasteiger partial charge in [0.25, 0.3) is 0 Å². The van der Waals surface area contributed by atoms with Crippen LogP contribution in [0.1, 0.15) is 30.9 Å². The molecule has 0 saturated carbocycles. The molecule has 2 unspecified atom stereocenters. The fourth-order valence-corrected chi connectivity index (χ4v) is 1.32. The molecule has 1 aromatic rings. The number of hydrogen-bond donors (Lipinski definition) is 1. The number of aliphatic hydroxyl groups excluding tert-OH is 1. The molecule has 0 aliphatic rings. The van der Waals surface area contributed by atoms with E-state index in [1.54, 1.807) is 6.92 Å². The van der Waals surface area contributed by atoms with Crippen LogP contribution in [0, 0.1) is 5.82 Å². The second-order valence-electron chi connectivity index (χ2n) is 3.77. The molecular weight excluding hydrogens is 224 g/mol. The molecule has 0 amide bonds. The summed E-state index contributed by atoms with van der Waals surface area (Å²) in [6, 6.07) is 2.70. The Morgan fingerprint density at radius 1 is 1.19 bits per heavy atom. The zero-order chi connectivity index (χ0) is 12.5. The number of rotatable bonds is 2. The van der Waals surface area contributed by atoms with Crippen molar-refractivity contribution in [3.63, 3.8) is 0 Å². The first-order valence-corrected chi connectivity index (χ1v) is 4.78. The van der Waals surface area contributed by atoms with Gasteiger partial charge in [-0.15, -0.1) is 0 Å². The molecule has 90 valence electrons. The minimum atomic E-state index is -4.68. The van der Waals surface area contributed by atoms with Gasteiger partial charge in [0, 0.05) is 5.92 Å². The van der Waals surface area contributed by atoms with E-state index >= 15 is 0 Å². The lowest BCUT2D eigenvalue weighted by atomic mass is 9.95. The van der Waals surface area contributed by atoms with E-state index in [1.165, 1.54) is 13.0 Å². The third-order valence-electron chi connectivity index (χ3n) is 2.55. The highest BCUT2D eigenvalue weighted by Crippen LogP contribution is 2.33. The van der Waals surface area contributed by atoms with Crippen molar-refractivity contribution in [2.24, 2.45) is 0 Å². The summed E-state index contributed by atoms with van der Waals surface area (Å²) < 4.78 is 49.9. The first-order chi connectivity index (χ1) is 7.23. The Morgan fingerprint density at radius 2 is 1.75 bits per heavy atom. The van der Waals surface area contributed by atoms with Gasteiger partial charge in [0.1, 0.15) is 5.82 Å². The van der Waals surface area contributed by atoms with Crippen LogP contribution in [-0.2, 0) is 6.18 Å². The van der Waals surface area contributed by atoms with Crippen LogP contribution in [0.3, 0.4) is 0 Å². The van der Waals surface area contributed by atoms with E-state index in [0.29, 0.717) is 11.6 Å². The van der Waals surface area contributed by atoms with Crippen LogP contribution in [0.15, 0.2) is 18.2 Å². The molecule has 1 nitrogen and oxygen atoms in total. The van der Waals surface area contributed by atoms with Crippen LogP contribution in [0.4, 0.5) is 17.6 Å². The minimum Gasteiger partial charge on any atom is -0.393 e. The van der Waals surface area contributed by atoms with Crippen molar-refractivity contribution < 1.29 is 22.7 Å². The molecule has 1 N–H and O–H groups in total. The Balaban J connectivity index is 3.09. The van der Waals surface area contributed by atoms with Crippen LogP contribution in [-0.4, -0.2) is 11.2 Å². The zero-order valence-corrected chi connectivity index (χ0v) is 8.85. The molecule has 0 fully saturated rings. The Bertz CT molecular complexity index is 371. The highest BCUT2D eigenvalue weighted by Gasteiger charge is 2.34. The molecular formula is C11H12F4O. The van der Waals surface area contributed by atoms with Gasteiger partial charge in [-0.1, -0.05) is 13.0 Å². The molecule has 1 rings (SSSR count). The first-order valence-electron chi connectivity index (χ1n) is 4.78. The summed E-state index contributed by atoms with van der Waals surface area (Å²) in [5, 5.41) is 9.25. The summed E-state index contributed by atoms with van der Waals surface area (Å²) >= 11 is 0. The van der Waals surface area contributed by atoms with Crippen molar-refractivity contribution in [3.8, 4) is 0 Å². The molecule has 0 heterocycles. The van der Waals surface area contributed by atoms with E-state index in [2.05, 4.69) is 0 Å². The highest BCUT2D eigenvalue weighted by atomic mass is 19.4. The third-order valence-corrected chi connectivity index (χ3v) is 2.55. The molecule has 5 heteroatoms. The van der Waals surface area contributed by atoms with Crippen LogP contribution >= 0.6 is 0 Å². The van der Waals surface area contributed by atoms with Gasteiger partial charge in [0.05, 0.1) is 11.7 Å². The number of hydrogen-bond acceptors (Lipinski definition) is 1. The van der Waals surface area contributed by atoms with E-state index < -0.39 is 29.6 Å². The van der Waals surface area contributed by atoms with Crippen molar-refractivity contribution in [1.29, 1.82) is 0 Å². The van der Waals surface area contributed by atoms with Gasteiger partial charge in [0.2, 0.25) is 0 Å². The number of benzene rings is 1. The molecule has 0 saturated heterocycles. The van der Waals surface area contributed by atoms with Crippen molar-refractivity contribution in [2.75, 3.05) is 0 Å². The maximum Gasteiger partial charge on any atom is 0.419 e. The Kier molecular flexibility index (Phi) is 3.57. The van der Waals surface area contributed by atoms with Crippen LogP contribution in [0.5, 0.6) is 0 Å². The lowest BCUT2D eigenvalue weighted by Crippen LogP contribution is -2.13. The Morgan fingerprint density at radius 3 is 2.12 bits per heavy atom. The lowest BCUT2D eigenvalue weighted by Gasteiger charge is -2.16. The maximum atomic E-state index is 13.2. The normalized spacial score (nSPS) is 15.9. The van der Waals surface area contributed by atoms with Crippen molar-refractivity contribution >= 4 is 0 Å². The van der Waals surface area contributed by atoms with Crippen molar-refractivity contribution in [1.82, 2.24) is 0 Å². The van der Waals surface area contributed by atoms with E-state index in [1.807, 2.05) is 0 Å². The summed E-state index contributed by atoms with van der Waals surface area (Å²) in [5.41, 5.74) is -0.936. The van der Waals surface area contributed by atoms with Gasteiger partial charge in [-0.05, 0) is 24.6 Å². The van der Waals surface area contributed by atoms with Gasteiger partial charge in [-0.25, -0.2) is 4.39 Å². The fourth-order valence-electron chi connectivity index (χ4n) is 1.32. The number of aliphatic hydroxyl groups is 1. The standard InChI is InChI=1S/C11H12F4O/c1-6(7(2)16)8-3-4-9(10(12)5-8)11(13,14)15/h3-7,16H,1-2H3. The van der Waals surface area contributed by atoms with Gasteiger partial charge < -0.3 is 5.11 Å². The molecule has 0 radical (unpaired) electrons. The van der Waals surface area contributed by atoms with E-state index in [-0.39, 0.29) is 0 Å². The molecule has 0 aliphatic heterocycles. The highest BCUT2D eigenvalue weighted by molar-refractivity contribution is 5.29. The van der Waals surface area contributed by atoms with Gasteiger partial charge in [-0.3, -0.25) is 0 Å². The first kappa shape index (κ1) is 13.0. The Hall–Kier alpha value is -1.10. The predicted molar refractivity (Wildman–Crippen MR) is 51.5 cm³/mol. The zero-order valence-electron chi connectivity index (χ0n) is 8.85. The smallest absolute Gasteiger partial charge is 0.393 e. The van der Waals surface area contributed by atoms with Crippen molar-refractivity contribution in [2.45, 2.75) is 32.0 Å². The second-order valence-corrected chi connectivity index (χ2v) is 3.77. The number of alkyl halides is 3. The molecule has 0 aliphatic carbocycles. The molecule has 1 aromatic carbocycles. The predicted octanol–water partition coefficient (Wildman–Crippen LogP) is 3.33. The second kappa shape index (κ2) is 4.41. The monoisotopic (exact) mass is 236 g/mol. The quantitative estimate of drug-likeness (QED) is 0.781. The molecule has 0 aromatic heterocycles. The van der Waals surface area contributed by atoms with Crippen LogP contribution < -0.4 is 0 Å². The van der Waals surface area contributed by atoms with Gasteiger partial charge in [-0.2, -0.15) is 13.2 Å². The lowest BCUT2D eigenvalue weighted by molar-refractivity contribution is -0.140. The summed E-state index contributed by atoms with van der Waals surface area (Å²) in [7, 11) is 0. The van der Waals surface area contributed by atoms with E-state index in [4.69, 9.17) is 0 Å². The van der Waals surface area contributed by atoms with E-state index in [9.17, 15) is 22.7 Å². The average Bonchev–Trinajstić information content (AvgIpc) is 2.14. The largest absolute Gasteiger partial charge is 0.419 e. The third kappa shape index (κ3) is 2.72. The topological polar surface area (TPSA) is 20.2 Å². The van der Waals surface area contributed by atoms with Crippen molar-refractivity contribution in [3.05, 3.63) is 35.1 Å². The summed E-state index contributed by atoms with van der Waals surface area (Å²) in [6.45, 7) is 3.12. The average molecular weight is 236 g/mol. The maximum absolute atomic E-state index is 13.2. The molecule has 2 atom stereocenters. The molecule has 0 bridgehead atoms. The SMILES string of the molecule is CC(O)C(C)c1ccc(C(F)(F)F)c(F)c1. The van der Waals surface area contributed by atoms with Gasteiger partial charge >= 0.3 is 6.18 Å².